The zero-order chi connectivity index (χ0) is 16.1. The molecule has 2 aromatic rings. The monoisotopic (exact) mass is 319 g/mol. The van der Waals surface area contributed by atoms with Gasteiger partial charge in [0.1, 0.15) is 5.75 Å². The maximum atomic E-state index is 12.1. The number of ether oxygens (including phenoxy) is 1. The summed E-state index contributed by atoms with van der Waals surface area (Å²) in [7, 11) is 1.44. The van der Waals surface area contributed by atoms with E-state index in [4.69, 9.17) is 16.3 Å². The third-order valence-corrected chi connectivity index (χ3v) is 3.10. The Labute approximate surface area is 132 Å². The standard InChI is InChI=1S/C15H14ClN3O3/c1-9-3-4-10(8-17-9)14(20)18-19-15(21)12-7-11(16)5-6-13(12)22-2/h3-8H,1-2H3,(H,18,20)(H,19,21). The number of hydrogen-bond acceptors (Lipinski definition) is 4. The number of carbonyl (C=O) groups excluding carboxylic acids is 2. The van der Waals surface area contributed by atoms with Crippen LogP contribution in [0.5, 0.6) is 5.75 Å². The SMILES string of the molecule is COc1ccc(Cl)cc1C(=O)NNC(=O)c1ccc(C)nc1. The van der Waals surface area contributed by atoms with Crippen LogP contribution in [0, 0.1) is 6.92 Å². The number of aryl methyl sites for hydroxylation is 1. The summed E-state index contributed by atoms with van der Waals surface area (Å²) in [4.78, 5) is 28.0. The second kappa shape index (κ2) is 6.91. The van der Waals surface area contributed by atoms with Gasteiger partial charge in [-0.25, -0.2) is 0 Å². The lowest BCUT2D eigenvalue weighted by Crippen LogP contribution is -2.41. The second-order valence-electron chi connectivity index (χ2n) is 4.44. The normalized spacial score (nSPS) is 9.95. The molecule has 1 aromatic carbocycles. The number of methoxy groups -OCH3 is 1. The zero-order valence-electron chi connectivity index (χ0n) is 12.0. The lowest BCUT2D eigenvalue weighted by molar-refractivity contribution is 0.0844. The molecule has 6 nitrogen and oxygen atoms in total. The predicted octanol–water partition coefficient (Wildman–Crippen LogP) is 2.13. The van der Waals surface area contributed by atoms with Crippen LogP contribution in [-0.2, 0) is 0 Å². The average molecular weight is 320 g/mol. The fourth-order valence-electron chi connectivity index (χ4n) is 1.71. The van der Waals surface area contributed by atoms with Crippen molar-refractivity contribution >= 4 is 23.4 Å². The summed E-state index contributed by atoms with van der Waals surface area (Å²) in [5, 5.41) is 0.389. The van der Waals surface area contributed by atoms with Gasteiger partial charge in [0, 0.05) is 16.9 Å². The summed E-state index contributed by atoms with van der Waals surface area (Å²) in [6.45, 7) is 1.81. The van der Waals surface area contributed by atoms with Crippen LogP contribution in [0.1, 0.15) is 26.4 Å². The van der Waals surface area contributed by atoms with E-state index in [2.05, 4.69) is 15.8 Å². The van der Waals surface area contributed by atoms with E-state index in [9.17, 15) is 9.59 Å². The molecule has 7 heteroatoms. The number of benzene rings is 1. The molecule has 0 saturated heterocycles. The van der Waals surface area contributed by atoms with Crippen molar-refractivity contribution in [1.29, 1.82) is 0 Å². The summed E-state index contributed by atoms with van der Waals surface area (Å²) in [5.41, 5.74) is 5.97. The Morgan fingerprint density at radius 3 is 2.50 bits per heavy atom. The molecule has 0 fully saturated rings. The van der Waals surface area contributed by atoms with Crippen LogP contribution in [-0.4, -0.2) is 23.9 Å². The van der Waals surface area contributed by atoms with E-state index in [0.29, 0.717) is 16.3 Å². The number of nitrogens with one attached hydrogen (secondary N) is 2. The molecule has 0 aliphatic carbocycles. The summed E-state index contributed by atoms with van der Waals surface area (Å²) in [6, 6.07) is 7.95. The predicted molar refractivity (Wildman–Crippen MR) is 81.9 cm³/mol. The van der Waals surface area contributed by atoms with Crippen LogP contribution in [0.25, 0.3) is 0 Å². The van der Waals surface area contributed by atoms with Crippen LogP contribution in [0.3, 0.4) is 0 Å². The number of aromatic nitrogens is 1. The third-order valence-electron chi connectivity index (χ3n) is 2.87. The summed E-state index contributed by atoms with van der Waals surface area (Å²) < 4.78 is 5.08. The highest BCUT2D eigenvalue weighted by Gasteiger charge is 2.14. The van der Waals surface area contributed by atoms with Gasteiger partial charge in [0.15, 0.2) is 0 Å². The molecule has 2 N–H and O–H groups in total. The molecular weight excluding hydrogens is 306 g/mol. The summed E-state index contributed by atoms with van der Waals surface area (Å²) >= 11 is 5.86. The van der Waals surface area contributed by atoms with Crippen molar-refractivity contribution in [2.45, 2.75) is 6.92 Å². The molecular formula is C15H14ClN3O3. The van der Waals surface area contributed by atoms with Gasteiger partial charge in [0.2, 0.25) is 0 Å². The summed E-state index contributed by atoms with van der Waals surface area (Å²) in [6.07, 6.45) is 1.43. The molecule has 0 radical (unpaired) electrons. The smallest absolute Gasteiger partial charge is 0.273 e. The second-order valence-corrected chi connectivity index (χ2v) is 4.88. The van der Waals surface area contributed by atoms with E-state index in [-0.39, 0.29) is 5.56 Å². The van der Waals surface area contributed by atoms with Crippen LogP contribution < -0.4 is 15.6 Å². The molecule has 22 heavy (non-hydrogen) atoms. The molecule has 1 aromatic heterocycles. The first-order valence-electron chi connectivity index (χ1n) is 6.38. The minimum Gasteiger partial charge on any atom is -0.496 e. The van der Waals surface area contributed by atoms with E-state index >= 15 is 0 Å². The number of hydrazine groups is 1. The fraction of sp³-hybridized carbons (Fsp3) is 0.133. The van der Waals surface area contributed by atoms with Gasteiger partial charge in [-0.3, -0.25) is 25.4 Å². The van der Waals surface area contributed by atoms with Gasteiger partial charge in [0.05, 0.1) is 18.2 Å². The number of pyridine rings is 1. The number of amides is 2. The number of hydrogen-bond donors (Lipinski definition) is 2. The first-order valence-corrected chi connectivity index (χ1v) is 6.76. The zero-order valence-corrected chi connectivity index (χ0v) is 12.8. The highest BCUT2D eigenvalue weighted by molar-refractivity contribution is 6.31. The molecule has 0 spiro atoms. The van der Waals surface area contributed by atoms with Gasteiger partial charge in [0.25, 0.3) is 11.8 Å². The topological polar surface area (TPSA) is 80.3 Å². The van der Waals surface area contributed by atoms with Crippen LogP contribution in [0.4, 0.5) is 0 Å². The van der Waals surface area contributed by atoms with Gasteiger partial charge >= 0.3 is 0 Å². The maximum Gasteiger partial charge on any atom is 0.273 e. The third kappa shape index (κ3) is 3.73. The molecule has 0 bridgehead atoms. The molecule has 2 rings (SSSR count). The highest BCUT2D eigenvalue weighted by atomic mass is 35.5. The fourth-order valence-corrected chi connectivity index (χ4v) is 1.88. The Balaban J connectivity index is 2.05. The number of halogens is 1. The van der Waals surface area contributed by atoms with E-state index in [1.807, 2.05) is 6.92 Å². The van der Waals surface area contributed by atoms with Crippen molar-refractivity contribution in [3.63, 3.8) is 0 Å². The van der Waals surface area contributed by atoms with Crippen LogP contribution >= 0.6 is 11.6 Å². The van der Waals surface area contributed by atoms with Crippen molar-refractivity contribution in [3.05, 3.63) is 58.4 Å². The first kappa shape index (κ1) is 15.8. The molecule has 114 valence electrons. The molecule has 0 atom stereocenters. The first-order chi connectivity index (χ1) is 10.5. The molecule has 0 saturated carbocycles. The van der Waals surface area contributed by atoms with E-state index in [1.165, 1.54) is 19.4 Å². The lowest BCUT2D eigenvalue weighted by Gasteiger charge is -2.10. The molecule has 0 aliphatic heterocycles. The van der Waals surface area contributed by atoms with Crippen molar-refractivity contribution in [1.82, 2.24) is 15.8 Å². The summed E-state index contributed by atoms with van der Waals surface area (Å²) in [5.74, 6) is -0.650. The number of rotatable bonds is 3. The Hall–Kier alpha value is -2.60. The van der Waals surface area contributed by atoms with Gasteiger partial charge < -0.3 is 4.74 Å². The number of nitrogens with zero attached hydrogens (tertiary/aromatic N) is 1. The van der Waals surface area contributed by atoms with E-state index < -0.39 is 11.8 Å². The van der Waals surface area contributed by atoms with Crippen molar-refractivity contribution in [2.24, 2.45) is 0 Å². The average Bonchev–Trinajstić information content (AvgIpc) is 2.53. The minimum absolute atomic E-state index is 0.220. The van der Waals surface area contributed by atoms with Gasteiger partial charge in [-0.05, 0) is 37.3 Å². The Morgan fingerprint density at radius 2 is 1.86 bits per heavy atom. The molecule has 1 heterocycles. The van der Waals surface area contributed by atoms with Crippen LogP contribution in [0.15, 0.2) is 36.5 Å². The minimum atomic E-state index is -0.534. The van der Waals surface area contributed by atoms with Crippen molar-refractivity contribution < 1.29 is 14.3 Å². The Kier molecular flexibility index (Phi) is 4.95. The van der Waals surface area contributed by atoms with E-state index in [0.717, 1.165) is 5.69 Å². The van der Waals surface area contributed by atoms with Crippen molar-refractivity contribution in [3.8, 4) is 5.75 Å². The lowest BCUT2D eigenvalue weighted by atomic mass is 10.2. The Morgan fingerprint density at radius 1 is 1.14 bits per heavy atom. The Bertz CT molecular complexity index is 702. The molecule has 0 aliphatic rings. The van der Waals surface area contributed by atoms with Crippen molar-refractivity contribution in [2.75, 3.05) is 7.11 Å². The molecule has 2 amide bonds. The number of carbonyl (C=O) groups is 2. The van der Waals surface area contributed by atoms with Gasteiger partial charge in [-0.15, -0.1) is 0 Å². The highest BCUT2D eigenvalue weighted by Crippen LogP contribution is 2.22. The van der Waals surface area contributed by atoms with Crippen LogP contribution in [0.2, 0.25) is 5.02 Å². The quantitative estimate of drug-likeness (QED) is 0.849. The molecule has 0 unspecified atom stereocenters. The van der Waals surface area contributed by atoms with E-state index in [1.54, 1.807) is 24.3 Å². The van der Waals surface area contributed by atoms with Gasteiger partial charge in [-0.1, -0.05) is 11.6 Å². The largest absolute Gasteiger partial charge is 0.496 e. The van der Waals surface area contributed by atoms with Gasteiger partial charge in [-0.2, -0.15) is 0 Å². The maximum absolute atomic E-state index is 12.1.